The molecule has 3 aromatic carbocycles. The Morgan fingerprint density at radius 1 is 0.875 bits per heavy atom. The molecule has 0 aliphatic heterocycles. The molecule has 3 aromatic rings. The van der Waals surface area contributed by atoms with Gasteiger partial charge in [0.05, 0.1) is 10.7 Å². The molecule has 0 bridgehead atoms. The lowest BCUT2D eigenvalue weighted by Gasteiger charge is -2.35. The number of nitrogens with one attached hydrogen (secondary N) is 2. The smallest absolute Gasteiger partial charge is 0.408 e. The summed E-state index contributed by atoms with van der Waals surface area (Å²) in [6.45, 7) is 11.1. The van der Waals surface area contributed by atoms with E-state index in [0.29, 0.717) is 28.3 Å². The van der Waals surface area contributed by atoms with Crippen LogP contribution >= 0.6 is 11.6 Å². The second-order valence-corrected chi connectivity index (χ2v) is 13.6. The normalized spacial score (nSPS) is 12.6. The van der Waals surface area contributed by atoms with Crippen molar-refractivity contribution in [2.45, 2.75) is 104 Å². The van der Waals surface area contributed by atoms with Crippen LogP contribution < -0.4 is 10.6 Å². The first-order chi connectivity index (χ1) is 22.7. The van der Waals surface area contributed by atoms with Crippen LogP contribution in [-0.2, 0) is 20.7 Å². The summed E-state index contributed by atoms with van der Waals surface area (Å²) < 4.78 is 5.53. The number of unbranched alkanes of at least 4 members (excludes halogenated alkanes) is 5. The average molecular weight is 680 g/mol. The van der Waals surface area contributed by atoms with E-state index in [1.165, 1.54) is 17.0 Å². The van der Waals surface area contributed by atoms with E-state index in [9.17, 15) is 24.6 Å². The summed E-state index contributed by atoms with van der Waals surface area (Å²) in [5, 5.41) is 27.2. The van der Waals surface area contributed by atoms with Gasteiger partial charge in [0.25, 0.3) is 5.91 Å². The standard InChI is InChI=1S/C38H50ClN3O6/c1-7-8-9-10-11-12-23-42(36(46)31(40-37(47)48-38(4,5)6)24-27-19-21-28(43)22-20-27)33(29-17-13-16-26(3)34(29)44)35(45)41-32-25(2)15-14-18-30(32)39/h13-22,31,33,43-44H,7-12,23-24H2,1-6H3,(H,40,47)(H,41,45). The largest absolute Gasteiger partial charge is 0.508 e. The van der Waals surface area contributed by atoms with Crippen LogP contribution in [0.15, 0.2) is 60.7 Å². The second kappa shape index (κ2) is 17.8. The minimum Gasteiger partial charge on any atom is -0.508 e. The minimum atomic E-state index is -1.27. The van der Waals surface area contributed by atoms with Crippen LogP contribution in [0.3, 0.4) is 0 Å². The predicted octanol–water partition coefficient (Wildman–Crippen LogP) is 8.37. The van der Waals surface area contributed by atoms with E-state index in [1.54, 1.807) is 70.2 Å². The third-order valence-corrected chi connectivity index (χ3v) is 8.31. The monoisotopic (exact) mass is 679 g/mol. The maximum absolute atomic E-state index is 14.8. The molecule has 0 aromatic heterocycles. The van der Waals surface area contributed by atoms with Gasteiger partial charge in [-0.05, 0) is 75.9 Å². The summed E-state index contributed by atoms with van der Waals surface area (Å²) in [6, 6.07) is 14.3. The SMILES string of the molecule is CCCCCCCCN(C(=O)C(Cc1ccc(O)cc1)NC(=O)OC(C)(C)C)C(C(=O)Nc1c(C)cccc1Cl)c1cccc(C)c1O. The lowest BCUT2D eigenvalue weighted by atomic mass is 9.97. The lowest BCUT2D eigenvalue weighted by molar-refractivity contribution is -0.141. The van der Waals surface area contributed by atoms with Gasteiger partial charge in [-0.25, -0.2) is 4.79 Å². The number of aryl methyl sites for hydroxylation is 2. The lowest BCUT2D eigenvalue weighted by Crippen LogP contribution is -2.53. The summed E-state index contributed by atoms with van der Waals surface area (Å²) in [5.41, 5.74) is 1.77. The Morgan fingerprint density at radius 3 is 2.15 bits per heavy atom. The number of anilines is 1. The number of carbonyl (C=O) groups excluding carboxylic acids is 3. The number of phenolic OH excluding ortho intramolecular Hbond substituents is 2. The van der Waals surface area contributed by atoms with Gasteiger partial charge in [-0.3, -0.25) is 9.59 Å². The van der Waals surface area contributed by atoms with Crippen molar-refractivity contribution in [3.63, 3.8) is 0 Å². The molecule has 0 saturated heterocycles. The van der Waals surface area contributed by atoms with Crippen LogP contribution in [0.2, 0.25) is 5.02 Å². The number of phenols is 2. The Morgan fingerprint density at radius 2 is 1.50 bits per heavy atom. The third kappa shape index (κ3) is 11.2. The fraction of sp³-hybridized carbons (Fsp3) is 0.447. The van der Waals surface area contributed by atoms with Gasteiger partial charge in [-0.2, -0.15) is 0 Å². The number of alkyl carbamates (subject to hydrolysis) is 1. The molecule has 260 valence electrons. The fourth-order valence-corrected chi connectivity index (χ4v) is 5.75. The number of hydrogen-bond acceptors (Lipinski definition) is 6. The van der Waals surface area contributed by atoms with E-state index in [2.05, 4.69) is 17.6 Å². The Kier molecular flexibility index (Phi) is 14.2. The minimum absolute atomic E-state index is 0.0586. The van der Waals surface area contributed by atoms with Gasteiger partial charge in [-0.15, -0.1) is 0 Å². The van der Waals surface area contributed by atoms with Gasteiger partial charge >= 0.3 is 6.09 Å². The Hall–Kier alpha value is -4.24. The number of ether oxygens (including phenoxy) is 1. The zero-order valence-corrected chi connectivity index (χ0v) is 29.7. The molecule has 4 N–H and O–H groups in total. The van der Waals surface area contributed by atoms with E-state index in [-0.39, 0.29) is 30.0 Å². The quantitative estimate of drug-likeness (QED) is 0.120. The molecule has 2 atom stereocenters. The molecular formula is C38H50ClN3O6. The highest BCUT2D eigenvalue weighted by Gasteiger charge is 2.38. The first kappa shape index (κ1) is 38.2. The number of rotatable bonds is 15. The third-order valence-electron chi connectivity index (χ3n) is 7.99. The fourth-order valence-electron chi connectivity index (χ4n) is 5.48. The van der Waals surface area contributed by atoms with Gasteiger partial charge < -0.3 is 30.5 Å². The Labute approximate surface area is 289 Å². The van der Waals surface area contributed by atoms with Gasteiger partial charge in [0.1, 0.15) is 29.2 Å². The molecule has 3 amide bonds. The molecule has 3 rings (SSSR count). The first-order valence-corrected chi connectivity index (χ1v) is 17.0. The van der Waals surface area contributed by atoms with Crippen LogP contribution in [-0.4, -0.2) is 51.2 Å². The van der Waals surface area contributed by atoms with E-state index in [1.807, 2.05) is 13.0 Å². The zero-order valence-electron chi connectivity index (χ0n) is 28.9. The molecule has 10 heteroatoms. The molecule has 0 spiro atoms. The van der Waals surface area contributed by atoms with Crippen molar-refractivity contribution in [1.29, 1.82) is 0 Å². The number of halogens is 1. The first-order valence-electron chi connectivity index (χ1n) is 16.6. The van der Waals surface area contributed by atoms with Crippen LogP contribution in [0.1, 0.15) is 94.5 Å². The molecule has 0 aliphatic rings. The molecule has 0 fully saturated rings. The van der Waals surface area contributed by atoms with Crippen molar-refractivity contribution >= 4 is 35.2 Å². The molecule has 0 saturated carbocycles. The van der Waals surface area contributed by atoms with Crippen molar-refractivity contribution in [3.05, 3.63) is 87.9 Å². The number of aromatic hydroxyl groups is 2. The number of para-hydroxylation sites is 2. The van der Waals surface area contributed by atoms with Crippen LogP contribution in [0, 0.1) is 13.8 Å². The van der Waals surface area contributed by atoms with Crippen molar-refractivity contribution in [2.75, 3.05) is 11.9 Å². The molecular weight excluding hydrogens is 630 g/mol. The average Bonchev–Trinajstić information content (AvgIpc) is 3.01. The predicted molar refractivity (Wildman–Crippen MR) is 190 cm³/mol. The molecule has 2 unspecified atom stereocenters. The second-order valence-electron chi connectivity index (χ2n) is 13.2. The van der Waals surface area contributed by atoms with Gasteiger partial charge in [0.2, 0.25) is 5.91 Å². The van der Waals surface area contributed by atoms with Gasteiger partial charge in [0, 0.05) is 18.5 Å². The highest BCUT2D eigenvalue weighted by atomic mass is 35.5. The maximum atomic E-state index is 14.8. The maximum Gasteiger partial charge on any atom is 0.408 e. The highest BCUT2D eigenvalue weighted by Crippen LogP contribution is 2.35. The summed E-state index contributed by atoms with van der Waals surface area (Å²) in [5.74, 6) is -1.14. The van der Waals surface area contributed by atoms with Crippen LogP contribution in [0.5, 0.6) is 11.5 Å². The zero-order chi connectivity index (χ0) is 35.4. The van der Waals surface area contributed by atoms with Crippen molar-refractivity contribution in [2.24, 2.45) is 0 Å². The highest BCUT2D eigenvalue weighted by molar-refractivity contribution is 6.34. The van der Waals surface area contributed by atoms with Gasteiger partial charge in [-0.1, -0.05) is 93.1 Å². The number of amides is 3. The molecule has 9 nitrogen and oxygen atoms in total. The molecule has 0 radical (unpaired) electrons. The number of carbonyl (C=O) groups is 3. The number of hydrogen-bond donors (Lipinski definition) is 4. The van der Waals surface area contributed by atoms with E-state index in [0.717, 1.165) is 37.7 Å². The molecule has 48 heavy (non-hydrogen) atoms. The Bertz CT molecular complexity index is 1520. The summed E-state index contributed by atoms with van der Waals surface area (Å²) in [7, 11) is 0. The van der Waals surface area contributed by atoms with E-state index >= 15 is 0 Å². The summed E-state index contributed by atoms with van der Waals surface area (Å²) in [4.78, 5) is 43.8. The summed E-state index contributed by atoms with van der Waals surface area (Å²) >= 11 is 6.50. The van der Waals surface area contributed by atoms with E-state index < -0.39 is 35.6 Å². The topological polar surface area (TPSA) is 128 Å². The van der Waals surface area contributed by atoms with Crippen molar-refractivity contribution < 1.29 is 29.3 Å². The molecule has 0 heterocycles. The van der Waals surface area contributed by atoms with Crippen LogP contribution in [0.25, 0.3) is 0 Å². The van der Waals surface area contributed by atoms with Crippen molar-refractivity contribution in [3.8, 4) is 11.5 Å². The van der Waals surface area contributed by atoms with Crippen LogP contribution in [0.4, 0.5) is 10.5 Å². The van der Waals surface area contributed by atoms with Gasteiger partial charge in [0.15, 0.2) is 0 Å². The molecule has 0 aliphatic carbocycles. The number of benzene rings is 3. The van der Waals surface area contributed by atoms with E-state index in [4.69, 9.17) is 16.3 Å². The Balaban J connectivity index is 2.13. The van der Waals surface area contributed by atoms with Crippen molar-refractivity contribution in [1.82, 2.24) is 10.2 Å². The number of nitrogens with zero attached hydrogens (tertiary/aromatic N) is 1. The summed E-state index contributed by atoms with van der Waals surface area (Å²) in [6.07, 6.45) is 4.91.